The molecule has 0 aliphatic rings. The largest absolute Gasteiger partial charge is 0.369 e. The van der Waals surface area contributed by atoms with Crippen LogP contribution in [0.5, 0.6) is 0 Å². The Balaban J connectivity index is 2.75. The fourth-order valence-corrected chi connectivity index (χ4v) is 2.02. The molecule has 0 unspecified atom stereocenters. The Morgan fingerprint density at radius 1 is 1.44 bits per heavy atom. The summed E-state index contributed by atoms with van der Waals surface area (Å²) >= 11 is 9.05. The number of amides is 2. The lowest BCUT2D eigenvalue weighted by molar-refractivity contribution is -0.125. The third-order valence-electron chi connectivity index (χ3n) is 2.53. The number of hydrogen-bond donors (Lipinski definition) is 2. The Hall–Kier alpha value is -1.07. The second-order valence-corrected chi connectivity index (χ2v) is 5.85. The molecular weight excluding hydrogens is 320 g/mol. The zero-order valence-corrected chi connectivity index (χ0v) is 12.4. The van der Waals surface area contributed by atoms with E-state index in [1.54, 1.807) is 32.0 Å². The number of halogens is 2. The smallest absolute Gasteiger partial charge is 0.252 e. The van der Waals surface area contributed by atoms with Crippen LogP contribution in [-0.4, -0.2) is 18.4 Å². The second kappa shape index (κ2) is 5.71. The van der Waals surface area contributed by atoms with Gasteiger partial charge in [-0.05, 0) is 48.0 Å². The van der Waals surface area contributed by atoms with Crippen molar-refractivity contribution in [1.29, 1.82) is 0 Å². The lowest BCUT2D eigenvalue weighted by Crippen LogP contribution is -2.42. The zero-order valence-electron chi connectivity index (χ0n) is 10.1. The van der Waals surface area contributed by atoms with Gasteiger partial charge in [0.05, 0.1) is 11.0 Å². The molecule has 4 nitrogen and oxygen atoms in total. The standard InChI is InChI=1S/C12H14BrClN2O2/c1-12(2,11(15)18)6-16-10(17)8-4-3-7(14)5-9(8)13/h3-5H,6H2,1-2H3,(H2,15,18)(H,16,17). The first-order chi connectivity index (χ1) is 8.24. The Morgan fingerprint density at radius 2 is 2.06 bits per heavy atom. The van der Waals surface area contributed by atoms with Gasteiger partial charge in [-0.3, -0.25) is 9.59 Å². The molecule has 0 spiro atoms. The molecule has 0 fully saturated rings. The summed E-state index contributed by atoms with van der Waals surface area (Å²) in [6.45, 7) is 3.52. The van der Waals surface area contributed by atoms with Crippen molar-refractivity contribution >= 4 is 39.3 Å². The Labute approximate surface area is 119 Å². The molecule has 1 aromatic rings. The van der Waals surface area contributed by atoms with Gasteiger partial charge in [0.15, 0.2) is 0 Å². The number of hydrogen-bond acceptors (Lipinski definition) is 2. The first-order valence-electron chi connectivity index (χ1n) is 5.27. The van der Waals surface area contributed by atoms with Crippen LogP contribution < -0.4 is 11.1 Å². The normalized spacial score (nSPS) is 11.1. The number of carbonyl (C=O) groups excluding carboxylic acids is 2. The molecular formula is C12H14BrClN2O2. The molecule has 0 aliphatic carbocycles. The van der Waals surface area contributed by atoms with Gasteiger partial charge in [0.1, 0.15) is 0 Å². The van der Waals surface area contributed by atoms with Gasteiger partial charge < -0.3 is 11.1 Å². The zero-order chi connectivity index (χ0) is 13.9. The maximum Gasteiger partial charge on any atom is 0.252 e. The van der Waals surface area contributed by atoms with Crippen LogP contribution in [-0.2, 0) is 4.79 Å². The van der Waals surface area contributed by atoms with Crippen molar-refractivity contribution in [2.45, 2.75) is 13.8 Å². The highest BCUT2D eigenvalue weighted by Crippen LogP contribution is 2.21. The van der Waals surface area contributed by atoms with Crippen molar-refractivity contribution in [1.82, 2.24) is 5.32 Å². The van der Waals surface area contributed by atoms with E-state index in [1.165, 1.54) is 0 Å². The highest BCUT2D eigenvalue weighted by Gasteiger charge is 2.25. The van der Waals surface area contributed by atoms with E-state index in [0.717, 1.165) is 0 Å². The van der Waals surface area contributed by atoms with Gasteiger partial charge in [-0.15, -0.1) is 0 Å². The van der Waals surface area contributed by atoms with Crippen LogP contribution in [0.3, 0.4) is 0 Å². The van der Waals surface area contributed by atoms with E-state index in [1.807, 2.05) is 0 Å². The number of benzene rings is 1. The topological polar surface area (TPSA) is 72.2 Å². The minimum Gasteiger partial charge on any atom is -0.369 e. The number of nitrogens with two attached hydrogens (primary N) is 1. The van der Waals surface area contributed by atoms with Crippen molar-refractivity contribution in [3.63, 3.8) is 0 Å². The summed E-state index contributed by atoms with van der Waals surface area (Å²) in [7, 11) is 0. The van der Waals surface area contributed by atoms with Crippen LogP contribution >= 0.6 is 27.5 Å². The van der Waals surface area contributed by atoms with Crippen LogP contribution in [0.15, 0.2) is 22.7 Å². The van der Waals surface area contributed by atoms with Gasteiger partial charge in [0, 0.05) is 16.0 Å². The van der Waals surface area contributed by atoms with Gasteiger partial charge >= 0.3 is 0 Å². The minimum absolute atomic E-state index is 0.177. The molecule has 18 heavy (non-hydrogen) atoms. The Bertz CT molecular complexity index is 489. The van der Waals surface area contributed by atoms with E-state index in [4.69, 9.17) is 17.3 Å². The number of carbonyl (C=O) groups is 2. The van der Waals surface area contributed by atoms with Crippen molar-refractivity contribution < 1.29 is 9.59 Å². The molecule has 2 amide bonds. The van der Waals surface area contributed by atoms with E-state index >= 15 is 0 Å². The molecule has 0 bridgehead atoms. The minimum atomic E-state index is -0.783. The molecule has 98 valence electrons. The van der Waals surface area contributed by atoms with Crippen LogP contribution in [0.4, 0.5) is 0 Å². The summed E-state index contributed by atoms with van der Waals surface area (Å²) in [6.07, 6.45) is 0. The predicted molar refractivity (Wildman–Crippen MR) is 74.5 cm³/mol. The Kier molecular flexibility index (Phi) is 4.76. The molecule has 0 saturated carbocycles. The second-order valence-electron chi connectivity index (χ2n) is 4.55. The molecule has 0 heterocycles. The fraction of sp³-hybridized carbons (Fsp3) is 0.333. The SMILES string of the molecule is CC(C)(CNC(=O)c1ccc(Cl)cc1Br)C(N)=O. The maximum atomic E-state index is 11.9. The molecule has 0 aliphatic heterocycles. The number of primary amides is 1. The average Bonchev–Trinajstić information content (AvgIpc) is 2.25. The third-order valence-corrected chi connectivity index (χ3v) is 3.42. The fourth-order valence-electron chi connectivity index (χ4n) is 1.16. The quantitative estimate of drug-likeness (QED) is 0.887. The summed E-state index contributed by atoms with van der Waals surface area (Å²) in [5.41, 5.74) is 4.90. The molecule has 0 radical (unpaired) electrons. The molecule has 0 atom stereocenters. The summed E-state index contributed by atoms with van der Waals surface area (Å²) in [5.74, 6) is -0.745. The van der Waals surface area contributed by atoms with Crippen molar-refractivity contribution in [3.05, 3.63) is 33.3 Å². The van der Waals surface area contributed by atoms with Gasteiger partial charge in [-0.2, -0.15) is 0 Å². The number of rotatable bonds is 4. The maximum absolute atomic E-state index is 11.9. The van der Waals surface area contributed by atoms with E-state index < -0.39 is 11.3 Å². The van der Waals surface area contributed by atoms with Gasteiger partial charge in [0.2, 0.25) is 5.91 Å². The highest BCUT2D eigenvalue weighted by atomic mass is 79.9. The van der Waals surface area contributed by atoms with Crippen molar-refractivity contribution in [3.8, 4) is 0 Å². The van der Waals surface area contributed by atoms with Crippen molar-refractivity contribution in [2.75, 3.05) is 6.54 Å². The average molecular weight is 334 g/mol. The summed E-state index contributed by atoms with van der Waals surface area (Å²) < 4.78 is 0.601. The van der Waals surface area contributed by atoms with Gasteiger partial charge in [0.25, 0.3) is 5.91 Å². The van der Waals surface area contributed by atoms with Crippen LogP contribution in [0.1, 0.15) is 24.2 Å². The summed E-state index contributed by atoms with van der Waals surface area (Å²) in [4.78, 5) is 23.0. The number of nitrogens with one attached hydrogen (secondary N) is 1. The van der Waals surface area contributed by atoms with E-state index in [9.17, 15) is 9.59 Å². The summed E-state index contributed by atoms with van der Waals surface area (Å²) in [5, 5.41) is 3.21. The van der Waals surface area contributed by atoms with Gasteiger partial charge in [-0.1, -0.05) is 11.6 Å². The van der Waals surface area contributed by atoms with E-state index in [-0.39, 0.29) is 12.5 Å². The van der Waals surface area contributed by atoms with Crippen LogP contribution in [0, 0.1) is 5.41 Å². The Morgan fingerprint density at radius 3 is 2.56 bits per heavy atom. The highest BCUT2D eigenvalue weighted by molar-refractivity contribution is 9.10. The monoisotopic (exact) mass is 332 g/mol. The predicted octanol–water partition coefficient (Wildman–Crippen LogP) is 2.34. The van der Waals surface area contributed by atoms with Crippen LogP contribution in [0.25, 0.3) is 0 Å². The first kappa shape index (κ1) is 15.0. The molecule has 1 rings (SSSR count). The molecule has 0 saturated heterocycles. The van der Waals surface area contributed by atoms with E-state index in [2.05, 4.69) is 21.2 Å². The van der Waals surface area contributed by atoms with Crippen LogP contribution in [0.2, 0.25) is 5.02 Å². The lowest BCUT2D eigenvalue weighted by atomic mass is 9.92. The molecule has 0 aromatic heterocycles. The summed E-state index contributed by atoms with van der Waals surface area (Å²) in [6, 6.07) is 4.87. The molecule has 1 aromatic carbocycles. The molecule has 6 heteroatoms. The van der Waals surface area contributed by atoms with Gasteiger partial charge in [-0.25, -0.2) is 0 Å². The lowest BCUT2D eigenvalue weighted by Gasteiger charge is -2.20. The van der Waals surface area contributed by atoms with Crippen molar-refractivity contribution in [2.24, 2.45) is 11.1 Å². The van der Waals surface area contributed by atoms with E-state index in [0.29, 0.717) is 15.1 Å². The molecule has 3 N–H and O–H groups in total. The third kappa shape index (κ3) is 3.71. The first-order valence-corrected chi connectivity index (χ1v) is 6.44.